The van der Waals surface area contributed by atoms with E-state index >= 15 is 0 Å². The molecule has 2 aliphatic heterocycles. The Morgan fingerprint density at radius 2 is 1.77 bits per heavy atom. The summed E-state index contributed by atoms with van der Waals surface area (Å²) in [5.74, 6) is 3.19. The van der Waals surface area contributed by atoms with Gasteiger partial charge in [0, 0.05) is 32.1 Å². The van der Waals surface area contributed by atoms with Gasteiger partial charge in [0.25, 0.3) is 0 Å². The van der Waals surface area contributed by atoms with Crippen LogP contribution in [0.25, 0.3) is 0 Å². The first kappa shape index (κ1) is 20.1. The minimum Gasteiger partial charge on any atom is -0.454 e. The number of ether oxygens (including phenoxy) is 1. The molecular weight excluding hydrogens is 386 g/mol. The molecule has 1 saturated carbocycles. The third kappa shape index (κ3) is 4.18. The summed E-state index contributed by atoms with van der Waals surface area (Å²) < 4.78 is 6.27. The highest BCUT2D eigenvalue weighted by Crippen LogP contribution is 2.38. The zero-order chi connectivity index (χ0) is 21.2. The van der Waals surface area contributed by atoms with E-state index in [0.717, 1.165) is 79.6 Å². The second kappa shape index (κ2) is 8.74. The molecule has 162 valence electrons. The highest BCUT2D eigenvalue weighted by molar-refractivity contribution is 6.03. The Bertz CT molecular complexity index is 994. The van der Waals surface area contributed by atoms with Crippen LogP contribution in [0.5, 0.6) is 11.5 Å². The zero-order valence-electron chi connectivity index (χ0n) is 18.3. The molecule has 3 aliphatic rings. The number of para-hydroxylation sites is 1. The van der Waals surface area contributed by atoms with Crippen LogP contribution in [0.2, 0.25) is 0 Å². The van der Waals surface area contributed by atoms with Gasteiger partial charge in [-0.05, 0) is 56.0 Å². The molecule has 2 aromatic carbocycles. The van der Waals surface area contributed by atoms with E-state index in [0.29, 0.717) is 5.91 Å². The average Bonchev–Trinajstić information content (AvgIpc) is 3.14. The van der Waals surface area contributed by atoms with Crippen LogP contribution < -0.4 is 4.74 Å². The number of amides is 1. The second-order valence-electron chi connectivity index (χ2n) is 9.01. The van der Waals surface area contributed by atoms with Crippen LogP contribution in [-0.4, -0.2) is 47.7 Å². The van der Waals surface area contributed by atoms with Gasteiger partial charge in [0.1, 0.15) is 17.3 Å². The number of fused-ring (bicyclic) bond motifs is 2. The van der Waals surface area contributed by atoms with E-state index in [1.807, 2.05) is 30.3 Å². The van der Waals surface area contributed by atoms with Crippen LogP contribution in [0, 0.1) is 12.8 Å². The van der Waals surface area contributed by atoms with Gasteiger partial charge in [0.05, 0.1) is 5.56 Å². The van der Waals surface area contributed by atoms with Crippen molar-refractivity contribution in [3.63, 3.8) is 0 Å². The van der Waals surface area contributed by atoms with Crippen LogP contribution >= 0.6 is 0 Å². The largest absolute Gasteiger partial charge is 0.454 e. The molecule has 0 spiro atoms. The SMILES string of the molecule is Cc1ccc2c(c1)Oc1ccccc1C(N1CCCN(C(=O)C3CCCCC3)CC1)=N2. The predicted molar refractivity (Wildman–Crippen MR) is 123 cm³/mol. The number of rotatable bonds is 1. The minimum atomic E-state index is 0.236. The standard InChI is InChI=1S/C26H31N3O2/c1-19-12-13-22-24(18-19)31-23-11-6-5-10-21(23)25(27-22)28-14-7-15-29(17-16-28)26(30)20-8-3-2-4-9-20/h5-6,10-13,18,20H,2-4,7-9,14-17H2,1H3. The summed E-state index contributed by atoms with van der Waals surface area (Å²) in [6.45, 7) is 5.36. The van der Waals surface area contributed by atoms with Crippen molar-refractivity contribution >= 4 is 17.4 Å². The van der Waals surface area contributed by atoms with Crippen LogP contribution in [-0.2, 0) is 4.79 Å². The predicted octanol–water partition coefficient (Wildman–Crippen LogP) is 5.29. The van der Waals surface area contributed by atoms with Crippen molar-refractivity contribution in [2.24, 2.45) is 10.9 Å². The van der Waals surface area contributed by atoms with Gasteiger partial charge in [-0.25, -0.2) is 4.99 Å². The van der Waals surface area contributed by atoms with Gasteiger partial charge in [0.2, 0.25) is 5.91 Å². The van der Waals surface area contributed by atoms with Crippen molar-refractivity contribution in [3.05, 3.63) is 53.6 Å². The number of nitrogens with zero attached hydrogens (tertiary/aromatic N) is 3. The Labute approximate surface area is 184 Å². The van der Waals surface area contributed by atoms with Gasteiger partial charge in [-0.15, -0.1) is 0 Å². The fraction of sp³-hybridized carbons (Fsp3) is 0.462. The Balaban J connectivity index is 1.41. The normalized spacial score (nSPS) is 19.5. The first-order valence-electron chi connectivity index (χ1n) is 11.7. The first-order chi connectivity index (χ1) is 15.2. The van der Waals surface area contributed by atoms with Gasteiger partial charge < -0.3 is 14.5 Å². The fourth-order valence-electron chi connectivity index (χ4n) is 5.03. The zero-order valence-corrected chi connectivity index (χ0v) is 18.3. The van der Waals surface area contributed by atoms with E-state index in [9.17, 15) is 4.79 Å². The molecule has 0 N–H and O–H groups in total. The van der Waals surface area contributed by atoms with Crippen molar-refractivity contribution in [2.45, 2.75) is 45.4 Å². The number of hydrogen-bond acceptors (Lipinski definition) is 4. The summed E-state index contributed by atoms with van der Waals surface area (Å²) in [4.78, 5) is 22.6. The molecule has 31 heavy (non-hydrogen) atoms. The molecule has 5 heteroatoms. The summed E-state index contributed by atoms with van der Waals surface area (Å²) in [5.41, 5.74) is 3.03. The third-order valence-corrected chi connectivity index (χ3v) is 6.75. The summed E-state index contributed by atoms with van der Waals surface area (Å²) in [5, 5.41) is 0. The summed E-state index contributed by atoms with van der Waals surface area (Å²) in [7, 11) is 0. The number of carbonyl (C=O) groups excluding carboxylic acids is 1. The highest BCUT2D eigenvalue weighted by Gasteiger charge is 2.29. The maximum absolute atomic E-state index is 13.1. The fourth-order valence-corrected chi connectivity index (χ4v) is 5.03. The van der Waals surface area contributed by atoms with Crippen molar-refractivity contribution in [3.8, 4) is 11.5 Å². The lowest BCUT2D eigenvalue weighted by Crippen LogP contribution is -2.40. The summed E-state index contributed by atoms with van der Waals surface area (Å²) in [6.07, 6.45) is 6.76. The van der Waals surface area contributed by atoms with E-state index < -0.39 is 0 Å². The molecule has 2 aromatic rings. The Hall–Kier alpha value is -2.82. The number of carbonyl (C=O) groups is 1. The van der Waals surface area contributed by atoms with Gasteiger partial charge in [0.15, 0.2) is 5.75 Å². The van der Waals surface area contributed by atoms with Gasteiger partial charge in [-0.1, -0.05) is 37.5 Å². The van der Waals surface area contributed by atoms with E-state index in [1.165, 1.54) is 19.3 Å². The maximum Gasteiger partial charge on any atom is 0.225 e. The number of hydrogen-bond donors (Lipinski definition) is 0. The number of aliphatic imine (C=N–C) groups is 1. The van der Waals surface area contributed by atoms with E-state index in [-0.39, 0.29) is 5.92 Å². The molecule has 0 aromatic heterocycles. The molecule has 1 amide bonds. The summed E-state index contributed by atoms with van der Waals surface area (Å²) >= 11 is 0. The van der Waals surface area contributed by atoms with Crippen LogP contribution in [0.4, 0.5) is 5.69 Å². The molecule has 2 fully saturated rings. The topological polar surface area (TPSA) is 45.1 Å². The molecule has 5 rings (SSSR count). The number of amidine groups is 1. The van der Waals surface area contributed by atoms with Gasteiger partial charge >= 0.3 is 0 Å². The van der Waals surface area contributed by atoms with Crippen molar-refractivity contribution in [1.82, 2.24) is 9.80 Å². The smallest absolute Gasteiger partial charge is 0.225 e. The Kier molecular flexibility index (Phi) is 5.66. The lowest BCUT2D eigenvalue weighted by Gasteiger charge is -2.29. The molecule has 2 heterocycles. The maximum atomic E-state index is 13.1. The van der Waals surface area contributed by atoms with Crippen LogP contribution in [0.3, 0.4) is 0 Å². The lowest BCUT2D eigenvalue weighted by atomic mass is 9.88. The number of benzene rings is 2. The molecule has 5 nitrogen and oxygen atoms in total. The Morgan fingerprint density at radius 1 is 0.935 bits per heavy atom. The summed E-state index contributed by atoms with van der Waals surface area (Å²) in [6, 6.07) is 14.3. The van der Waals surface area contributed by atoms with E-state index in [2.05, 4.69) is 28.9 Å². The first-order valence-corrected chi connectivity index (χ1v) is 11.7. The molecule has 0 radical (unpaired) electrons. The van der Waals surface area contributed by atoms with Crippen LogP contribution in [0.15, 0.2) is 47.5 Å². The van der Waals surface area contributed by atoms with E-state index in [1.54, 1.807) is 0 Å². The van der Waals surface area contributed by atoms with Crippen molar-refractivity contribution in [1.29, 1.82) is 0 Å². The Morgan fingerprint density at radius 3 is 2.65 bits per heavy atom. The minimum absolute atomic E-state index is 0.236. The van der Waals surface area contributed by atoms with Gasteiger partial charge in [-0.2, -0.15) is 0 Å². The van der Waals surface area contributed by atoms with Gasteiger partial charge in [-0.3, -0.25) is 4.79 Å². The van der Waals surface area contributed by atoms with Crippen molar-refractivity contribution in [2.75, 3.05) is 26.2 Å². The van der Waals surface area contributed by atoms with Crippen LogP contribution in [0.1, 0.15) is 49.7 Å². The monoisotopic (exact) mass is 417 g/mol. The highest BCUT2D eigenvalue weighted by atomic mass is 16.5. The molecule has 0 atom stereocenters. The molecule has 0 bridgehead atoms. The van der Waals surface area contributed by atoms with Crippen molar-refractivity contribution < 1.29 is 9.53 Å². The number of aryl methyl sites for hydroxylation is 1. The third-order valence-electron chi connectivity index (χ3n) is 6.75. The second-order valence-corrected chi connectivity index (χ2v) is 9.01. The molecule has 1 saturated heterocycles. The molecular formula is C26H31N3O2. The quantitative estimate of drug-likeness (QED) is 0.633. The molecule has 1 aliphatic carbocycles. The molecule has 0 unspecified atom stereocenters. The average molecular weight is 418 g/mol. The lowest BCUT2D eigenvalue weighted by molar-refractivity contribution is -0.136. The van der Waals surface area contributed by atoms with E-state index in [4.69, 9.17) is 9.73 Å².